The van der Waals surface area contributed by atoms with E-state index in [9.17, 15) is 4.79 Å². The molecule has 0 radical (unpaired) electrons. The molecule has 3 unspecified atom stereocenters. The van der Waals surface area contributed by atoms with Gasteiger partial charge in [0.15, 0.2) is 5.78 Å². The van der Waals surface area contributed by atoms with E-state index < -0.39 is 0 Å². The Labute approximate surface area is 108 Å². The highest BCUT2D eigenvalue weighted by Crippen LogP contribution is 2.57. The molecule has 1 saturated carbocycles. The fraction of sp³-hybridized carbons (Fsp3) is 0.471. The molecular formula is C17H18O. The van der Waals surface area contributed by atoms with E-state index in [1.165, 1.54) is 18.4 Å². The van der Waals surface area contributed by atoms with Crippen molar-refractivity contribution in [3.05, 3.63) is 47.5 Å². The van der Waals surface area contributed by atoms with Gasteiger partial charge in [-0.05, 0) is 49.5 Å². The van der Waals surface area contributed by atoms with Crippen LogP contribution in [-0.4, -0.2) is 5.78 Å². The van der Waals surface area contributed by atoms with Crippen molar-refractivity contribution in [2.24, 2.45) is 17.3 Å². The van der Waals surface area contributed by atoms with E-state index in [0.29, 0.717) is 17.6 Å². The molecule has 1 fully saturated rings. The topological polar surface area (TPSA) is 17.1 Å². The lowest BCUT2D eigenvalue weighted by Crippen LogP contribution is -2.34. The van der Waals surface area contributed by atoms with Crippen LogP contribution in [0.2, 0.25) is 0 Å². The van der Waals surface area contributed by atoms with Gasteiger partial charge in [-0.2, -0.15) is 0 Å². The van der Waals surface area contributed by atoms with E-state index >= 15 is 0 Å². The highest BCUT2D eigenvalue weighted by atomic mass is 16.1. The summed E-state index contributed by atoms with van der Waals surface area (Å²) in [5.74, 6) is 1.62. The van der Waals surface area contributed by atoms with Gasteiger partial charge >= 0.3 is 0 Å². The van der Waals surface area contributed by atoms with E-state index in [0.717, 1.165) is 24.8 Å². The second kappa shape index (κ2) is 3.57. The number of hydrogen-bond acceptors (Lipinski definition) is 1. The first-order chi connectivity index (χ1) is 8.79. The predicted octanol–water partition coefficient (Wildman–Crippen LogP) is 3.79. The number of allylic oxidation sites excluding steroid dienone is 2. The number of Topliss-reactive ketones (excluding diaryl/α,β-unsaturated/α-hetero) is 1. The molecule has 1 spiro atoms. The van der Waals surface area contributed by atoms with Crippen LogP contribution in [0, 0.1) is 17.3 Å². The Bertz CT molecular complexity index is 542. The van der Waals surface area contributed by atoms with Crippen LogP contribution in [0.25, 0.3) is 0 Å². The Hall–Kier alpha value is -1.37. The van der Waals surface area contributed by atoms with Gasteiger partial charge < -0.3 is 0 Å². The Morgan fingerprint density at radius 3 is 2.83 bits per heavy atom. The maximum Gasteiger partial charge on any atom is 0.169 e. The largest absolute Gasteiger partial charge is 0.294 e. The minimum absolute atomic E-state index is 0.0496. The molecule has 0 saturated heterocycles. The number of rotatable bonds is 0. The maximum absolute atomic E-state index is 13.0. The van der Waals surface area contributed by atoms with Crippen molar-refractivity contribution in [2.45, 2.75) is 32.1 Å². The van der Waals surface area contributed by atoms with E-state index in [2.05, 4.69) is 24.3 Å². The molecule has 0 aromatic heterocycles. The minimum Gasteiger partial charge on any atom is -0.294 e. The number of hydrogen-bond donors (Lipinski definition) is 0. The van der Waals surface area contributed by atoms with Gasteiger partial charge in [0.25, 0.3) is 0 Å². The predicted molar refractivity (Wildman–Crippen MR) is 71.5 cm³/mol. The second-order valence-electron chi connectivity index (χ2n) is 6.19. The first kappa shape index (κ1) is 10.5. The van der Waals surface area contributed by atoms with Crippen LogP contribution in [-0.2, 0) is 6.42 Å². The normalized spacial score (nSPS) is 37.0. The summed E-state index contributed by atoms with van der Waals surface area (Å²) in [4.78, 5) is 13.0. The summed E-state index contributed by atoms with van der Waals surface area (Å²) >= 11 is 0. The molecular weight excluding hydrogens is 220 g/mol. The lowest BCUT2D eigenvalue weighted by molar-refractivity contribution is 0.0727. The van der Waals surface area contributed by atoms with Gasteiger partial charge in [-0.1, -0.05) is 36.4 Å². The molecule has 1 heteroatoms. The molecule has 92 valence electrons. The van der Waals surface area contributed by atoms with Crippen LogP contribution in [0.15, 0.2) is 36.4 Å². The first-order valence-electron chi connectivity index (χ1n) is 7.11. The van der Waals surface area contributed by atoms with Crippen molar-refractivity contribution in [1.82, 2.24) is 0 Å². The van der Waals surface area contributed by atoms with Gasteiger partial charge in [0.2, 0.25) is 0 Å². The third kappa shape index (κ3) is 1.25. The van der Waals surface area contributed by atoms with E-state index in [-0.39, 0.29) is 5.41 Å². The average molecular weight is 238 g/mol. The number of ketones is 1. The summed E-state index contributed by atoms with van der Waals surface area (Å²) in [5.41, 5.74) is 2.23. The van der Waals surface area contributed by atoms with E-state index in [1.54, 1.807) is 0 Å². The van der Waals surface area contributed by atoms with E-state index in [1.807, 2.05) is 12.1 Å². The third-order valence-electron chi connectivity index (χ3n) is 5.29. The van der Waals surface area contributed by atoms with Crippen molar-refractivity contribution >= 4 is 5.78 Å². The van der Waals surface area contributed by atoms with E-state index in [4.69, 9.17) is 0 Å². The number of carbonyl (C=O) groups excluding carboxylic acids is 1. The molecule has 1 aromatic carbocycles. The summed E-state index contributed by atoms with van der Waals surface area (Å²) < 4.78 is 0. The van der Waals surface area contributed by atoms with Crippen molar-refractivity contribution in [2.75, 3.05) is 0 Å². The molecule has 3 aliphatic carbocycles. The van der Waals surface area contributed by atoms with Crippen molar-refractivity contribution in [3.63, 3.8) is 0 Å². The summed E-state index contributed by atoms with van der Waals surface area (Å²) in [6.07, 6.45) is 10.3. The number of aryl methyl sites for hydroxylation is 1. The molecule has 3 atom stereocenters. The van der Waals surface area contributed by atoms with Crippen LogP contribution in [0.4, 0.5) is 0 Å². The lowest BCUT2D eigenvalue weighted by Gasteiger charge is -2.33. The van der Waals surface area contributed by atoms with Gasteiger partial charge in [-0.15, -0.1) is 0 Å². The Balaban J connectivity index is 1.84. The molecule has 18 heavy (non-hydrogen) atoms. The van der Waals surface area contributed by atoms with Crippen LogP contribution in [0.1, 0.15) is 41.6 Å². The average Bonchev–Trinajstić information content (AvgIpc) is 2.96. The highest BCUT2D eigenvalue weighted by molar-refractivity contribution is 6.02. The smallest absolute Gasteiger partial charge is 0.169 e. The van der Waals surface area contributed by atoms with Crippen LogP contribution in [0.5, 0.6) is 0 Å². The molecule has 0 N–H and O–H groups in total. The maximum atomic E-state index is 13.0. The summed E-state index contributed by atoms with van der Waals surface area (Å²) in [5, 5.41) is 0. The summed E-state index contributed by atoms with van der Waals surface area (Å²) in [6, 6.07) is 8.25. The SMILES string of the molecule is O=C1c2ccccc2CCCC12CC1C=CC2C1. The van der Waals surface area contributed by atoms with Crippen molar-refractivity contribution in [1.29, 1.82) is 0 Å². The quantitative estimate of drug-likeness (QED) is 0.628. The monoisotopic (exact) mass is 238 g/mol. The number of carbonyl (C=O) groups is 1. The van der Waals surface area contributed by atoms with Crippen LogP contribution >= 0.6 is 0 Å². The first-order valence-corrected chi connectivity index (χ1v) is 7.11. The molecule has 1 nitrogen and oxygen atoms in total. The minimum atomic E-state index is -0.0496. The zero-order valence-electron chi connectivity index (χ0n) is 10.6. The van der Waals surface area contributed by atoms with Crippen LogP contribution in [0.3, 0.4) is 0 Å². The van der Waals surface area contributed by atoms with Crippen molar-refractivity contribution < 1.29 is 4.79 Å². The van der Waals surface area contributed by atoms with Gasteiger partial charge in [0.05, 0.1) is 0 Å². The zero-order chi connectivity index (χ0) is 12.2. The summed E-state index contributed by atoms with van der Waals surface area (Å²) in [6.45, 7) is 0. The third-order valence-corrected chi connectivity index (χ3v) is 5.29. The Kier molecular flexibility index (Phi) is 2.09. The fourth-order valence-corrected chi connectivity index (χ4v) is 4.44. The second-order valence-corrected chi connectivity index (χ2v) is 6.19. The molecule has 0 heterocycles. The summed E-state index contributed by atoms with van der Waals surface area (Å²) in [7, 11) is 0. The Morgan fingerprint density at radius 1 is 1.17 bits per heavy atom. The van der Waals surface area contributed by atoms with Gasteiger partial charge in [0.1, 0.15) is 0 Å². The molecule has 3 aliphatic rings. The standard InChI is InChI=1S/C17H18O/c18-16-15-6-2-1-4-13(15)5-3-9-17(16)11-12-7-8-14(17)10-12/h1-2,4,6-8,12,14H,3,5,9-11H2. The number of benzene rings is 1. The molecule has 2 bridgehead atoms. The van der Waals surface area contributed by atoms with Gasteiger partial charge in [-0.25, -0.2) is 0 Å². The van der Waals surface area contributed by atoms with Gasteiger partial charge in [-0.3, -0.25) is 4.79 Å². The lowest BCUT2D eigenvalue weighted by atomic mass is 9.68. The molecule has 1 aromatic rings. The highest BCUT2D eigenvalue weighted by Gasteiger charge is 2.53. The molecule has 0 aliphatic heterocycles. The molecule has 4 rings (SSSR count). The Morgan fingerprint density at radius 2 is 2.06 bits per heavy atom. The molecule has 0 amide bonds. The van der Waals surface area contributed by atoms with Crippen LogP contribution < -0.4 is 0 Å². The number of fused-ring (bicyclic) bond motifs is 4. The zero-order valence-corrected chi connectivity index (χ0v) is 10.6. The van der Waals surface area contributed by atoms with Gasteiger partial charge in [0, 0.05) is 11.0 Å². The fourth-order valence-electron chi connectivity index (χ4n) is 4.44. The van der Waals surface area contributed by atoms with Crippen molar-refractivity contribution in [3.8, 4) is 0 Å².